The van der Waals surface area contributed by atoms with E-state index in [-0.39, 0.29) is 0 Å². The van der Waals surface area contributed by atoms with Crippen LogP contribution in [-0.4, -0.2) is 0 Å². The Kier molecular flexibility index (Phi) is 9.75. The van der Waals surface area contributed by atoms with Crippen molar-refractivity contribution in [3.8, 4) is 0 Å². The molecule has 56 heavy (non-hydrogen) atoms. The van der Waals surface area contributed by atoms with Crippen molar-refractivity contribution in [1.82, 2.24) is 0 Å². The smallest absolute Gasteiger partial charge is 0.0462 e. The zero-order chi connectivity index (χ0) is 37.5. The number of hydrogen-bond donors (Lipinski definition) is 0. The lowest BCUT2D eigenvalue weighted by Gasteiger charge is -2.25. The highest BCUT2D eigenvalue weighted by Crippen LogP contribution is 2.38. The molecule has 0 saturated heterocycles. The number of para-hydroxylation sites is 4. The summed E-state index contributed by atoms with van der Waals surface area (Å²) in [7, 11) is 0. The lowest BCUT2D eigenvalue weighted by molar-refractivity contribution is 1.28. The van der Waals surface area contributed by atoms with Crippen molar-refractivity contribution in [1.29, 1.82) is 0 Å². The minimum Gasteiger partial charge on any atom is -0.311 e. The molecule has 0 saturated carbocycles. The van der Waals surface area contributed by atoms with Gasteiger partial charge in [-0.2, -0.15) is 0 Å². The summed E-state index contributed by atoms with van der Waals surface area (Å²) < 4.78 is 0. The van der Waals surface area contributed by atoms with Crippen LogP contribution in [0.25, 0.3) is 45.8 Å². The summed E-state index contributed by atoms with van der Waals surface area (Å²) in [6.45, 7) is 0. The van der Waals surface area contributed by atoms with E-state index in [1.165, 1.54) is 32.7 Å². The van der Waals surface area contributed by atoms with Gasteiger partial charge in [-0.05, 0) is 117 Å². The normalized spacial score (nSPS) is 11.4. The van der Waals surface area contributed by atoms with Crippen LogP contribution in [0.2, 0.25) is 0 Å². The van der Waals surface area contributed by atoms with Crippen molar-refractivity contribution in [2.24, 2.45) is 0 Å². The second kappa shape index (κ2) is 15.9. The molecular weight excluding hydrogens is 677 g/mol. The van der Waals surface area contributed by atoms with Gasteiger partial charge in [-0.25, -0.2) is 0 Å². The Bertz CT molecular complexity index is 2420. The summed E-state index contributed by atoms with van der Waals surface area (Å²) in [6, 6.07) is 77.3. The second-order valence-corrected chi connectivity index (χ2v) is 13.8. The Morgan fingerprint density at radius 1 is 0.214 bits per heavy atom. The third kappa shape index (κ3) is 7.12. The third-order valence-electron chi connectivity index (χ3n) is 10.3. The maximum atomic E-state index is 2.29. The van der Waals surface area contributed by atoms with Crippen LogP contribution in [0, 0.1) is 0 Å². The molecule has 2 heteroatoms. The maximum Gasteiger partial charge on any atom is 0.0462 e. The first kappa shape index (κ1) is 34.4. The van der Waals surface area contributed by atoms with Gasteiger partial charge in [-0.15, -0.1) is 0 Å². The Morgan fingerprint density at radius 2 is 0.446 bits per heavy atom. The predicted octanol–water partition coefficient (Wildman–Crippen LogP) is 15.3. The van der Waals surface area contributed by atoms with E-state index >= 15 is 0 Å². The molecule has 0 aliphatic heterocycles. The molecule has 266 valence electrons. The van der Waals surface area contributed by atoms with Crippen molar-refractivity contribution in [2.45, 2.75) is 0 Å². The van der Waals surface area contributed by atoms with E-state index in [0.29, 0.717) is 0 Å². The Labute approximate surface area is 329 Å². The zero-order valence-electron chi connectivity index (χ0n) is 31.0. The summed E-state index contributed by atoms with van der Waals surface area (Å²) in [6.07, 6.45) is 9.03. The summed E-state index contributed by atoms with van der Waals surface area (Å²) in [5.74, 6) is 0. The fourth-order valence-electron chi connectivity index (χ4n) is 7.59. The molecule has 2 nitrogen and oxygen atoms in total. The molecule has 0 radical (unpaired) electrons. The van der Waals surface area contributed by atoms with Gasteiger partial charge in [0.1, 0.15) is 0 Å². The predicted molar refractivity (Wildman–Crippen MR) is 242 cm³/mol. The van der Waals surface area contributed by atoms with E-state index in [0.717, 1.165) is 45.3 Å². The summed E-state index contributed by atoms with van der Waals surface area (Å²) in [5.41, 5.74) is 11.5. The highest BCUT2D eigenvalue weighted by Gasteiger charge is 2.14. The van der Waals surface area contributed by atoms with E-state index in [4.69, 9.17) is 0 Å². The quantitative estimate of drug-likeness (QED) is 0.103. The van der Waals surface area contributed by atoms with Gasteiger partial charge >= 0.3 is 0 Å². The number of rotatable bonds is 10. The van der Waals surface area contributed by atoms with Crippen molar-refractivity contribution < 1.29 is 0 Å². The van der Waals surface area contributed by atoms with E-state index < -0.39 is 0 Å². The maximum absolute atomic E-state index is 2.29. The minimum absolute atomic E-state index is 1.12. The lowest BCUT2D eigenvalue weighted by atomic mass is 9.91. The van der Waals surface area contributed by atoms with Crippen molar-refractivity contribution >= 4 is 80.0 Å². The lowest BCUT2D eigenvalue weighted by Crippen LogP contribution is -2.09. The molecule has 0 spiro atoms. The van der Waals surface area contributed by atoms with Gasteiger partial charge < -0.3 is 9.80 Å². The molecule has 0 amide bonds. The summed E-state index contributed by atoms with van der Waals surface area (Å²) in [4.78, 5) is 4.58. The first-order chi connectivity index (χ1) is 27.8. The van der Waals surface area contributed by atoms with Gasteiger partial charge in [-0.1, -0.05) is 170 Å². The SMILES string of the molecule is C(=Cc1c2ccccc2c(C=Cc2ccc(N(c3ccccc3)c3ccccc3)cc2)c2ccccc12)c1ccc(N(c2ccccc2)c2ccccc2)cc1. The molecule has 0 atom stereocenters. The van der Waals surface area contributed by atoms with Gasteiger partial charge in [0.25, 0.3) is 0 Å². The molecular formula is C54H40N2. The minimum atomic E-state index is 1.12. The molecule has 0 fully saturated rings. The fourth-order valence-corrected chi connectivity index (χ4v) is 7.59. The molecule has 0 aliphatic rings. The average Bonchev–Trinajstić information content (AvgIpc) is 3.27. The number of nitrogens with zero attached hydrogens (tertiary/aromatic N) is 2. The van der Waals surface area contributed by atoms with Gasteiger partial charge in [0.05, 0.1) is 0 Å². The van der Waals surface area contributed by atoms with Crippen LogP contribution in [0.5, 0.6) is 0 Å². The van der Waals surface area contributed by atoms with Crippen LogP contribution in [0.15, 0.2) is 218 Å². The molecule has 9 aromatic carbocycles. The first-order valence-corrected chi connectivity index (χ1v) is 19.1. The van der Waals surface area contributed by atoms with Crippen LogP contribution < -0.4 is 9.80 Å². The highest BCUT2D eigenvalue weighted by molar-refractivity contribution is 6.14. The monoisotopic (exact) mass is 716 g/mol. The first-order valence-electron chi connectivity index (χ1n) is 19.1. The molecule has 9 rings (SSSR count). The fraction of sp³-hybridized carbons (Fsp3) is 0. The van der Waals surface area contributed by atoms with Gasteiger partial charge in [0.2, 0.25) is 0 Å². The number of anilines is 6. The number of fused-ring (bicyclic) bond motifs is 2. The van der Waals surface area contributed by atoms with Gasteiger partial charge in [-0.3, -0.25) is 0 Å². The van der Waals surface area contributed by atoms with E-state index in [1.54, 1.807) is 0 Å². The van der Waals surface area contributed by atoms with Gasteiger partial charge in [0, 0.05) is 34.1 Å². The molecule has 0 bridgehead atoms. The number of benzene rings is 9. The Balaban J connectivity index is 1.03. The summed E-state index contributed by atoms with van der Waals surface area (Å²) in [5, 5.41) is 4.93. The van der Waals surface area contributed by atoms with Crippen LogP contribution in [0.3, 0.4) is 0 Å². The van der Waals surface area contributed by atoms with Crippen LogP contribution >= 0.6 is 0 Å². The molecule has 0 aromatic heterocycles. The van der Waals surface area contributed by atoms with E-state index in [9.17, 15) is 0 Å². The second-order valence-electron chi connectivity index (χ2n) is 13.8. The van der Waals surface area contributed by atoms with Crippen LogP contribution in [0.1, 0.15) is 22.3 Å². The Hall–Kier alpha value is -7.42. The molecule has 0 heterocycles. The van der Waals surface area contributed by atoms with Gasteiger partial charge in [0.15, 0.2) is 0 Å². The molecule has 0 N–H and O–H groups in total. The highest BCUT2D eigenvalue weighted by atomic mass is 15.1. The summed E-state index contributed by atoms with van der Waals surface area (Å²) >= 11 is 0. The van der Waals surface area contributed by atoms with Crippen molar-refractivity contribution in [3.05, 3.63) is 241 Å². The van der Waals surface area contributed by atoms with Crippen molar-refractivity contribution in [3.63, 3.8) is 0 Å². The van der Waals surface area contributed by atoms with Crippen LogP contribution in [0.4, 0.5) is 34.1 Å². The average molecular weight is 717 g/mol. The van der Waals surface area contributed by atoms with E-state index in [2.05, 4.69) is 252 Å². The van der Waals surface area contributed by atoms with Crippen molar-refractivity contribution in [2.75, 3.05) is 9.80 Å². The third-order valence-corrected chi connectivity index (χ3v) is 10.3. The van der Waals surface area contributed by atoms with E-state index in [1.807, 2.05) is 0 Å². The standard InChI is InChI=1S/C54H40N2/c1-5-17-43(18-6-1)55(44-19-7-2-8-20-44)47-35-29-41(30-36-47)33-39-53-49-25-13-15-27-51(49)54(52-28-16-14-26-50(52)53)40-34-42-31-37-48(38-32-42)56(45-21-9-3-10-22-45)46-23-11-4-12-24-46/h1-40H. The molecule has 0 unspecified atom stereocenters. The van der Waals surface area contributed by atoms with Crippen LogP contribution in [-0.2, 0) is 0 Å². The zero-order valence-corrected chi connectivity index (χ0v) is 31.0. The molecule has 9 aromatic rings. The largest absolute Gasteiger partial charge is 0.311 e. The topological polar surface area (TPSA) is 6.48 Å². The Morgan fingerprint density at radius 3 is 0.714 bits per heavy atom. The number of hydrogen-bond acceptors (Lipinski definition) is 2. The molecule has 0 aliphatic carbocycles.